The van der Waals surface area contributed by atoms with Crippen LogP contribution in [0.2, 0.25) is 78.6 Å². The topological polar surface area (TPSA) is 56.4 Å². The summed E-state index contributed by atoms with van der Waals surface area (Å²) in [5.41, 5.74) is 4.47. The molecule has 0 saturated carbocycles. The van der Waals surface area contributed by atoms with Crippen molar-refractivity contribution in [3.63, 3.8) is 0 Å². The standard InChI is InChI=1S/4C9H14NSi.4Li/c4*1-11(2,3)10-9-7-5-4-6-8-9;;;;/h4*4-8H,1-3H3;;;;/q4*-1;4*+1. The van der Waals surface area contributed by atoms with Crippen LogP contribution in [0.5, 0.6) is 0 Å². The maximum absolute atomic E-state index is 4.63. The molecular formula is C36H56Li4N4Si4. The van der Waals surface area contributed by atoms with Gasteiger partial charge in [-0.2, -0.15) is 0 Å². The summed E-state index contributed by atoms with van der Waals surface area (Å²) >= 11 is 0. The van der Waals surface area contributed by atoms with Gasteiger partial charge >= 0.3 is 75.4 Å². The normalized spacial score (nSPS) is 10.2. The third kappa shape index (κ3) is 33.8. The molecule has 4 aromatic rings. The zero-order chi connectivity index (χ0) is 33.3. The van der Waals surface area contributed by atoms with Crippen molar-refractivity contribution < 1.29 is 75.4 Å². The first-order valence-electron chi connectivity index (χ1n) is 15.4. The van der Waals surface area contributed by atoms with Crippen LogP contribution >= 0.6 is 0 Å². The Morgan fingerprint density at radius 3 is 0.479 bits per heavy atom. The predicted octanol–water partition coefficient (Wildman–Crippen LogP) is 2.12. The molecule has 0 N–H and O–H groups in total. The molecular weight excluding hydrogens is 629 g/mol. The second-order valence-electron chi connectivity index (χ2n) is 14.5. The molecule has 0 aliphatic carbocycles. The second-order valence-corrected chi connectivity index (χ2v) is 32.7. The van der Waals surface area contributed by atoms with Crippen molar-refractivity contribution in [2.24, 2.45) is 0 Å². The Morgan fingerprint density at radius 2 is 0.375 bits per heavy atom. The summed E-state index contributed by atoms with van der Waals surface area (Å²) < 4.78 is 0. The number of nitrogens with zero attached hydrogens (tertiary/aromatic N) is 4. The van der Waals surface area contributed by atoms with E-state index in [1.165, 1.54) is 0 Å². The first-order valence-corrected chi connectivity index (χ1v) is 29.2. The fourth-order valence-corrected chi connectivity index (χ4v) is 7.25. The van der Waals surface area contributed by atoms with Crippen LogP contribution in [0.1, 0.15) is 0 Å². The number of hydrogen-bond acceptors (Lipinski definition) is 0. The van der Waals surface area contributed by atoms with E-state index < -0.39 is 32.9 Å². The van der Waals surface area contributed by atoms with Crippen LogP contribution in [-0.4, -0.2) is 32.9 Å². The molecule has 0 bridgehead atoms. The van der Waals surface area contributed by atoms with Gasteiger partial charge < -0.3 is 19.9 Å². The maximum atomic E-state index is 4.63. The van der Waals surface area contributed by atoms with Crippen LogP contribution in [0, 0.1) is 0 Å². The van der Waals surface area contributed by atoms with E-state index in [2.05, 4.69) is 147 Å². The summed E-state index contributed by atoms with van der Waals surface area (Å²) in [7, 11) is -5.09. The minimum Gasteiger partial charge on any atom is -0.687 e. The van der Waals surface area contributed by atoms with Crippen molar-refractivity contribution >= 4 is 55.7 Å². The molecule has 0 fully saturated rings. The summed E-state index contributed by atoms with van der Waals surface area (Å²) in [6, 6.07) is 40.7. The van der Waals surface area contributed by atoms with Gasteiger partial charge in [0.25, 0.3) is 0 Å². The monoisotopic (exact) mass is 684 g/mol. The second kappa shape index (κ2) is 27.1. The van der Waals surface area contributed by atoms with Crippen LogP contribution < -0.4 is 75.4 Å². The minimum atomic E-state index is -1.27. The van der Waals surface area contributed by atoms with Gasteiger partial charge in [0.15, 0.2) is 0 Å². The number of hydrogen-bond donors (Lipinski definition) is 0. The van der Waals surface area contributed by atoms with Crippen molar-refractivity contribution in [2.45, 2.75) is 78.6 Å². The zero-order valence-electron chi connectivity index (χ0n) is 33.3. The summed E-state index contributed by atoms with van der Waals surface area (Å²) in [6.07, 6.45) is 0. The van der Waals surface area contributed by atoms with Crippen LogP contribution in [0.3, 0.4) is 0 Å². The quantitative estimate of drug-likeness (QED) is 0.256. The van der Waals surface area contributed by atoms with Crippen molar-refractivity contribution in [1.82, 2.24) is 0 Å². The molecule has 4 rings (SSSR count). The summed E-state index contributed by atoms with van der Waals surface area (Å²) in [4.78, 5) is 18.5. The van der Waals surface area contributed by atoms with Gasteiger partial charge in [0.05, 0.1) is 0 Å². The maximum Gasteiger partial charge on any atom is 1.00 e. The summed E-state index contributed by atoms with van der Waals surface area (Å²) in [5.74, 6) is 0. The molecule has 4 aromatic carbocycles. The van der Waals surface area contributed by atoms with Crippen LogP contribution in [-0.2, 0) is 0 Å². The molecule has 0 saturated heterocycles. The molecule has 0 atom stereocenters. The third-order valence-corrected chi connectivity index (χ3v) is 8.60. The Labute approximate surface area is 347 Å². The molecule has 0 aromatic heterocycles. The van der Waals surface area contributed by atoms with E-state index in [1.54, 1.807) is 0 Å². The zero-order valence-corrected chi connectivity index (χ0v) is 37.3. The largest absolute Gasteiger partial charge is 1.00 e. The van der Waals surface area contributed by atoms with Gasteiger partial charge in [0.2, 0.25) is 0 Å². The average Bonchev–Trinajstić information content (AvgIpc) is 2.88. The fourth-order valence-electron chi connectivity index (χ4n) is 3.56. The van der Waals surface area contributed by atoms with Crippen LogP contribution in [0.4, 0.5) is 22.7 Å². The summed E-state index contributed by atoms with van der Waals surface area (Å²) in [5, 5.41) is 0. The SMILES string of the molecule is C[Si](C)(C)[N-]c1ccccc1.C[Si](C)(C)[N-]c1ccccc1.C[Si](C)(C)[N-]c1ccccc1.C[Si](C)(C)[N-]c1ccccc1.[Li+].[Li+].[Li+].[Li+]. The van der Waals surface area contributed by atoms with Crippen molar-refractivity contribution in [3.05, 3.63) is 141 Å². The molecule has 0 aliphatic rings. The van der Waals surface area contributed by atoms with Gasteiger partial charge in [-0.15, -0.1) is 22.7 Å². The first-order chi connectivity index (χ1) is 20.3. The van der Waals surface area contributed by atoms with E-state index in [1.807, 2.05) is 72.8 Å². The van der Waals surface area contributed by atoms with Crippen molar-refractivity contribution in [1.29, 1.82) is 0 Å². The smallest absolute Gasteiger partial charge is 0.687 e. The van der Waals surface area contributed by atoms with Gasteiger partial charge in [-0.05, 0) is 32.9 Å². The minimum absolute atomic E-state index is 0. The molecule has 48 heavy (non-hydrogen) atoms. The Hall–Kier alpha value is -0.663. The van der Waals surface area contributed by atoms with E-state index >= 15 is 0 Å². The van der Waals surface area contributed by atoms with Crippen molar-refractivity contribution in [3.8, 4) is 0 Å². The summed E-state index contributed by atoms with van der Waals surface area (Å²) in [6.45, 7) is 26.8. The van der Waals surface area contributed by atoms with E-state index in [9.17, 15) is 0 Å². The Bertz CT molecular complexity index is 1080. The van der Waals surface area contributed by atoms with E-state index in [0.717, 1.165) is 22.7 Å². The molecule has 0 spiro atoms. The molecule has 0 unspecified atom stereocenters. The van der Waals surface area contributed by atoms with E-state index in [0.29, 0.717) is 0 Å². The third-order valence-electron chi connectivity index (χ3n) is 4.88. The Kier molecular flexibility index (Phi) is 30.5. The van der Waals surface area contributed by atoms with Crippen molar-refractivity contribution in [2.75, 3.05) is 0 Å². The van der Waals surface area contributed by atoms with E-state index in [-0.39, 0.29) is 75.4 Å². The molecule has 0 heterocycles. The number of rotatable bonds is 8. The van der Waals surface area contributed by atoms with E-state index in [4.69, 9.17) is 0 Å². The molecule has 240 valence electrons. The molecule has 0 aliphatic heterocycles. The number of benzene rings is 4. The average molecular weight is 685 g/mol. The Morgan fingerprint density at radius 1 is 0.250 bits per heavy atom. The van der Waals surface area contributed by atoms with Gasteiger partial charge in [-0.1, -0.05) is 200 Å². The van der Waals surface area contributed by atoms with Gasteiger partial charge in [0.1, 0.15) is 0 Å². The molecule has 4 nitrogen and oxygen atoms in total. The first kappa shape index (κ1) is 54.1. The fraction of sp³-hybridized carbons (Fsp3) is 0.333. The van der Waals surface area contributed by atoms with Gasteiger partial charge in [0, 0.05) is 0 Å². The Balaban J connectivity index is -0.000000262. The van der Waals surface area contributed by atoms with Gasteiger partial charge in [-0.25, -0.2) is 0 Å². The van der Waals surface area contributed by atoms with Gasteiger partial charge in [-0.3, -0.25) is 0 Å². The molecule has 0 amide bonds. The molecule has 12 heteroatoms. The van der Waals surface area contributed by atoms with Crippen LogP contribution in [0.25, 0.3) is 19.9 Å². The predicted molar refractivity (Wildman–Crippen MR) is 211 cm³/mol. The van der Waals surface area contributed by atoms with Crippen LogP contribution in [0.15, 0.2) is 121 Å². The molecule has 0 radical (unpaired) electrons.